The van der Waals surface area contributed by atoms with Crippen molar-refractivity contribution in [1.82, 2.24) is 4.98 Å². The maximum atomic E-state index is 13.7. The minimum absolute atomic E-state index is 0.153. The van der Waals surface area contributed by atoms with E-state index in [0.29, 0.717) is 10.8 Å². The Morgan fingerprint density at radius 2 is 2.16 bits per heavy atom. The van der Waals surface area contributed by atoms with Gasteiger partial charge in [-0.1, -0.05) is 17.7 Å². The van der Waals surface area contributed by atoms with Crippen LogP contribution in [-0.4, -0.2) is 18.0 Å². The van der Waals surface area contributed by atoms with E-state index >= 15 is 0 Å². The first-order valence-electron chi connectivity index (χ1n) is 5.37. The second-order valence-corrected chi connectivity index (χ2v) is 4.03. The van der Waals surface area contributed by atoms with Crippen LogP contribution in [0.5, 0.6) is 5.75 Å². The van der Waals surface area contributed by atoms with E-state index in [9.17, 15) is 9.18 Å². The lowest BCUT2D eigenvalue weighted by molar-refractivity contribution is 0.102. The van der Waals surface area contributed by atoms with E-state index in [1.807, 2.05) is 0 Å². The lowest BCUT2D eigenvalue weighted by Crippen LogP contribution is -2.15. The van der Waals surface area contributed by atoms with Crippen LogP contribution in [0.15, 0.2) is 36.5 Å². The first-order valence-corrected chi connectivity index (χ1v) is 5.75. The Morgan fingerprint density at radius 3 is 2.79 bits per heavy atom. The summed E-state index contributed by atoms with van der Waals surface area (Å²) in [7, 11) is 1.37. The standard InChI is InChI=1S/C13H10ClFN2O2/c1-19-10-4-2-3-9(15)12(10)13(18)17-8-5-6-11(14)16-7-8/h2-7H,1H3,(H,17,18). The van der Waals surface area contributed by atoms with Gasteiger partial charge in [0.25, 0.3) is 5.91 Å². The lowest BCUT2D eigenvalue weighted by atomic mass is 10.1. The van der Waals surface area contributed by atoms with Crippen LogP contribution < -0.4 is 10.1 Å². The number of anilines is 1. The molecule has 0 atom stereocenters. The third-order valence-corrected chi connectivity index (χ3v) is 2.63. The quantitative estimate of drug-likeness (QED) is 0.879. The van der Waals surface area contributed by atoms with Gasteiger partial charge >= 0.3 is 0 Å². The molecule has 0 saturated carbocycles. The van der Waals surface area contributed by atoms with Crippen LogP contribution >= 0.6 is 11.6 Å². The molecule has 19 heavy (non-hydrogen) atoms. The summed E-state index contributed by atoms with van der Waals surface area (Å²) in [4.78, 5) is 15.8. The molecular formula is C13H10ClFN2O2. The summed E-state index contributed by atoms with van der Waals surface area (Å²) in [5, 5.41) is 2.83. The van der Waals surface area contributed by atoms with E-state index in [1.54, 1.807) is 6.07 Å². The molecule has 2 rings (SSSR count). The molecule has 0 unspecified atom stereocenters. The van der Waals surface area contributed by atoms with Crippen LogP contribution in [0.2, 0.25) is 5.15 Å². The van der Waals surface area contributed by atoms with E-state index in [0.717, 1.165) is 0 Å². The highest BCUT2D eigenvalue weighted by molar-refractivity contribution is 6.29. The Balaban J connectivity index is 2.27. The molecule has 0 saturated heterocycles. The third-order valence-electron chi connectivity index (χ3n) is 2.41. The van der Waals surface area contributed by atoms with Gasteiger partial charge in [-0.2, -0.15) is 0 Å². The zero-order valence-corrected chi connectivity index (χ0v) is 10.7. The van der Waals surface area contributed by atoms with Crippen LogP contribution in [0.4, 0.5) is 10.1 Å². The molecule has 0 spiro atoms. The molecule has 0 aliphatic carbocycles. The van der Waals surface area contributed by atoms with Gasteiger partial charge in [-0.25, -0.2) is 9.37 Å². The highest BCUT2D eigenvalue weighted by Crippen LogP contribution is 2.22. The summed E-state index contributed by atoms with van der Waals surface area (Å²) in [6, 6.07) is 7.26. The van der Waals surface area contributed by atoms with Crippen molar-refractivity contribution in [2.45, 2.75) is 0 Å². The molecule has 4 nitrogen and oxygen atoms in total. The number of hydrogen-bond donors (Lipinski definition) is 1. The molecule has 2 aromatic rings. The van der Waals surface area contributed by atoms with E-state index < -0.39 is 11.7 Å². The van der Waals surface area contributed by atoms with Crippen molar-refractivity contribution in [1.29, 1.82) is 0 Å². The molecule has 0 radical (unpaired) electrons. The topological polar surface area (TPSA) is 51.2 Å². The summed E-state index contributed by atoms with van der Waals surface area (Å²) in [6.45, 7) is 0. The van der Waals surface area contributed by atoms with Gasteiger partial charge in [0, 0.05) is 0 Å². The van der Waals surface area contributed by atoms with E-state index in [1.165, 1.54) is 37.6 Å². The van der Waals surface area contributed by atoms with Crippen LogP contribution in [0.3, 0.4) is 0 Å². The number of carbonyl (C=O) groups excluding carboxylic acids is 1. The second kappa shape index (κ2) is 5.67. The number of hydrogen-bond acceptors (Lipinski definition) is 3. The lowest BCUT2D eigenvalue weighted by Gasteiger charge is -2.09. The number of halogens is 2. The van der Waals surface area contributed by atoms with Gasteiger partial charge < -0.3 is 10.1 Å². The van der Waals surface area contributed by atoms with Gasteiger partial charge in [0.05, 0.1) is 19.0 Å². The van der Waals surface area contributed by atoms with Crippen molar-refractivity contribution in [3.63, 3.8) is 0 Å². The summed E-state index contributed by atoms with van der Waals surface area (Å²) in [5.41, 5.74) is 0.264. The number of rotatable bonds is 3. The molecule has 0 fully saturated rings. The average molecular weight is 281 g/mol. The zero-order chi connectivity index (χ0) is 13.8. The minimum atomic E-state index is -0.654. The molecule has 1 N–H and O–H groups in total. The monoisotopic (exact) mass is 280 g/mol. The van der Waals surface area contributed by atoms with Crippen molar-refractivity contribution >= 4 is 23.2 Å². The normalized spacial score (nSPS) is 10.1. The first kappa shape index (κ1) is 13.3. The Hall–Kier alpha value is -2.14. The average Bonchev–Trinajstić information content (AvgIpc) is 2.40. The Labute approximate surface area is 114 Å². The molecule has 0 aliphatic rings. The molecule has 1 aromatic heterocycles. The molecule has 1 aromatic carbocycles. The zero-order valence-electron chi connectivity index (χ0n) is 9.98. The van der Waals surface area contributed by atoms with Gasteiger partial charge in [-0.15, -0.1) is 0 Å². The molecule has 0 aliphatic heterocycles. The van der Waals surface area contributed by atoms with Gasteiger partial charge in [0.2, 0.25) is 0 Å². The van der Waals surface area contributed by atoms with E-state index in [4.69, 9.17) is 16.3 Å². The maximum Gasteiger partial charge on any atom is 0.262 e. The van der Waals surface area contributed by atoms with Gasteiger partial charge in [0.1, 0.15) is 22.3 Å². The number of nitrogens with zero attached hydrogens (tertiary/aromatic N) is 1. The Kier molecular flexibility index (Phi) is 3.97. The van der Waals surface area contributed by atoms with Crippen molar-refractivity contribution in [2.24, 2.45) is 0 Å². The predicted octanol–water partition coefficient (Wildman–Crippen LogP) is 3.14. The number of benzene rings is 1. The smallest absolute Gasteiger partial charge is 0.262 e. The number of nitrogens with one attached hydrogen (secondary N) is 1. The molecule has 1 amide bonds. The van der Waals surface area contributed by atoms with Gasteiger partial charge in [-0.05, 0) is 24.3 Å². The molecule has 6 heteroatoms. The fourth-order valence-corrected chi connectivity index (χ4v) is 1.65. The number of carbonyl (C=O) groups is 1. The predicted molar refractivity (Wildman–Crippen MR) is 70.2 cm³/mol. The van der Waals surface area contributed by atoms with E-state index in [-0.39, 0.29) is 11.3 Å². The molecule has 98 valence electrons. The third kappa shape index (κ3) is 3.00. The summed E-state index contributed by atoms with van der Waals surface area (Å²) >= 11 is 5.63. The second-order valence-electron chi connectivity index (χ2n) is 3.64. The summed E-state index contributed by atoms with van der Waals surface area (Å²) < 4.78 is 18.6. The van der Waals surface area contributed by atoms with Gasteiger partial charge in [0.15, 0.2) is 0 Å². The molecule has 0 bridgehead atoms. The SMILES string of the molecule is COc1cccc(F)c1C(=O)Nc1ccc(Cl)nc1. The minimum Gasteiger partial charge on any atom is -0.496 e. The Bertz CT molecular complexity index is 602. The summed E-state index contributed by atoms with van der Waals surface area (Å²) in [5.74, 6) is -1.10. The van der Waals surface area contributed by atoms with Crippen LogP contribution in [0.25, 0.3) is 0 Å². The largest absolute Gasteiger partial charge is 0.496 e. The van der Waals surface area contributed by atoms with Crippen LogP contribution in [0.1, 0.15) is 10.4 Å². The number of methoxy groups -OCH3 is 1. The molecular weight excluding hydrogens is 271 g/mol. The van der Waals surface area contributed by atoms with Crippen molar-refractivity contribution in [3.8, 4) is 5.75 Å². The highest BCUT2D eigenvalue weighted by atomic mass is 35.5. The fraction of sp³-hybridized carbons (Fsp3) is 0.0769. The summed E-state index contributed by atoms with van der Waals surface area (Å²) in [6.07, 6.45) is 1.38. The fourth-order valence-electron chi connectivity index (χ4n) is 1.54. The number of ether oxygens (including phenoxy) is 1. The molecule has 1 heterocycles. The highest BCUT2D eigenvalue weighted by Gasteiger charge is 2.17. The van der Waals surface area contributed by atoms with Crippen molar-refractivity contribution in [3.05, 3.63) is 53.1 Å². The number of amides is 1. The van der Waals surface area contributed by atoms with E-state index in [2.05, 4.69) is 10.3 Å². The van der Waals surface area contributed by atoms with Crippen molar-refractivity contribution in [2.75, 3.05) is 12.4 Å². The number of aromatic nitrogens is 1. The number of pyridine rings is 1. The van der Waals surface area contributed by atoms with Crippen LogP contribution in [0, 0.1) is 5.82 Å². The first-order chi connectivity index (χ1) is 9.11. The maximum absolute atomic E-state index is 13.7. The van der Waals surface area contributed by atoms with Crippen molar-refractivity contribution < 1.29 is 13.9 Å². The van der Waals surface area contributed by atoms with Crippen LogP contribution in [-0.2, 0) is 0 Å². The Morgan fingerprint density at radius 1 is 1.37 bits per heavy atom. The van der Waals surface area contributed by atoms with Gasteiger partial charge in [-0.3, -0.25) is 4.79 Å².